The van der Waals surface area contributed by atoms with Crippen LogP contribution in [-0.2, 0) is 4.79 Å². The van der Waals surface area contributed by atoms with Gasteiger partial charge in [0.25, 0.3) is 0 Å². The molecule has 1 aliphatic heterocycles. The first-order valence-electron chi connectivity index (χ1n) is 4.70. The van der Waals surface area contributed by atoms with Gasteiger partial charge in [-0.15, -0.1) is 11.8 Å². The lowest BCUT2D eigenvalue weighted by Crippen LogP contribution is -2.17. The number of aldehydes is 1. The van der Waals surface area contributed by atoms with Crippen LogP contribution in [0.15, 0.2) is 11.0 Å². The molecule has 1 aliphatic rings. The Bertz CT molecular complexity index is 215. The number of carbonyl (C=O) groups is 1. The fourth-order valence-corrected chi connectivity index (χ4v) is 3.46. The maximum Gasteiger partial charge on any atom is 0.156 e. The van der Waals surface area contributed by atoms with Crippen LogP contribution >= 0.6 is 27.7 Å². The minimum Gasteiger partial charge on any atom is -0.297 e. The quantitative estimate of drug-likeness (QED) is 0.429. The summed E-state index contributed by atoms with van der Waals surface area (Å²) >= 11 is 5.35. The summed E-state index contributed by atoms with van der Waals surface area (Å²) in [5, 5.41) is 0. The highest BCUT2D eigenvalue weighted by Gasteiger charge is 2.29. The number of allylic oxidation sites excluding steroid dienone is 2. The predicted octanol–water partition coefficient (Wildman–Crippen LogP) is 3.53. The molecule has 3 heteroatoms. The zero-order valence-electron chi connectivity index (χ0n) is 7.88. The normalized spacial score (nSPS) is 27.4. The standard InChI is InChI=1S/C10H15BrOS/c1-2-3-4-5-10(11)6-9(7-12)13-8-10/h6-7H,2-5,8H2,1H3. The Hall–Kier alpha value is 0.240. The van der Waals surface area contributed by atoms with Crippen LogP contribution in [0.1, 0.15) is 32.6 Å². The van der Waals surface area contributed by atoms with Gasteiger partial charge in [0.1, 0.15) is 0 Å². The second-order valence-corrected chi connectivity index (χ2v) is 6.07. The smallest absolute Gasteiger partial charge is 0.156 e. The van der Waals surface area contributed by atoms with Crippen LogP contribution in [0.2, 0.25) is 0 Å². The molecule has 0 aromatic carbocycles. The molecule has 0 spiro atoms. The molecule has 0 saturated heterocycles. The van der Waals surface area contributed by atoms with Crippen LogP contribution in [0.3, 0.4) is 0 Å². The van der Waals surface area contributed by atoms with Crippen molar-refractivity contribution in [1.82, 2.24) is 0 Å². The van der Waals surface area contributed by atoms with Gasteiger partial charge in [0.15, 0.2) is 6.29 Å². The summed E-state index contributed by atoms with van der Waals surface area (Å²) in [7, 11) is 0. The maximum absolute atomic E-state index is 10.5. The van der Waals surface area contributed by atoms with E-state index in [2.05, 4.69) is 28.9 Å². The van der Waals surface area contributed by atoms with Gasteiger partial charge in [-0.2, -0.15) is 0 Å². The van der Waals surface area contributed by atoms with E-state index in [1.54, 1.807) is 11.8 Å². The summed E-state index contributed by atoms with van der Waals surface area (Å²) in [4.78, 5) is 11.4. The third-order valence-electron chi connectivity index (χ3n) is 2.19. The third-order valence-corrected chi connectivity index (χ3v) is 4.68. The SMILES string of the molecule is CCCCCC1(Br)C=C(C=O)SC1. The van der Waals surface area contributed by atoms with Gasteiger partial charge < -0.3 is 0 Å². The Balaban J connectivity index is 2.39. The van der Waals surface area contributed by atoms with Crippen molar-refractivity contribution in [2.24, 2.45) is 0 Å². The van der Waals surface area contributed by atoms with E-state index in [-0.39, 0.29) is 4.32 Å². The Morgan fingerprint density at radius 1 is 1.69 bits per heavy atom. The van der Waals surface area contributed by atoms with E-state index in [9.17, 15) is 4.79 Å². The van der Waals surface area contributed by atoms with Crippen LogP contribution in [0, 0.1) is 0 Å². The molecule has 0 fully saturated rings. The fraction of sp³-hybridized carbons (Fsp3) is 0.700. The van der Waals surface area contributed by atoms with Gasteiger partial charge in [0, 0.05) is 10.7 Å². The molecule has 13 heavy (non-hydrogen) atoms. The molecule has 74 valence electrons. The number of carbonyl (C=O) groups excluding carboxylic acids is 1. The van der Waals surface area contributed by atoms with Crippen molar-refractivity contribution in [3.63, 3.8) is 0 Å². The van der Waals surface area contributed by atoms with Crippen LogP contribution in [-0.4, -0.2) is 16.4 Å². The molecule has 1 heterocycles. The monoisotopic (exact) mass is 262 g/mol. The van der Waals surface area contributed by atoms with Gasteiger partial charge in [-0.1, -0.05) is 48.2 Å². The van der Waals surface area contributed by atoms with Crippen LogP contribution in [0.25, 0.3) is 0 Å². The van der Waals surface area contributed by atoms with E-state index in [4.69, 9.17) is 0 Å². The zero-order chi connectivity index (χ0) is 9.73. The molecule has 1 atom stereocenters. The lowest BCUT2D eigenvalue weighted by Gasteiger charge is -2.17. The highest BCUT2D eigenvalue weighted by molar-refractivity contribution is 9.10. The van der Waals surface area contributed by atoms with Gasteiger partial charge >= 0.3 is 0 Å². The fourth-order valence-electron chi connectivity index (χ4n) is 1.42. The topological polar surface area (TPSA) is 17.1 Å². The van der Waals surface area contributed by atoms with Crippen molar-refractivity contribution in [3.05, 3.63) is 11.0 Å². The molecule has 0 N–H and O–H groups in total. The number of hydrogen-bond donors (Lipinski definition) is 0. The average molecular weight is 263 g/mol. The zero-order valence-corrected chi connectivity index (χ0v) is 10.3. The third kappa shape index (κ3) is 3.47. The Morgan fingerprint density at radius 3 is 3.00 bits per heavy atom. The van der Waals surface area contributed by atoms with Gasteiger partial charge in [-0.05, 0) is 6.42 Å². The number of halogens is 1. The van der Waals surface area contributed by atoms with Crippen molar-refractivity contribution in [1.29, 1.82) is 0 Å². The summed E-state index contributed by atoms with van der Waals surface area (Å²) in [6, 6.07) is 0. The second-order valence-electron chi connectivity index (χ2n) is 3.44. The molecular formula is C10H15BrOS. The minimum atomic E-state index is 0.100. The van der Waals surface area contributed by atoms with E-state index >= 15 is 0 Å². The summed E-state index contributed by atoms with van der Waals surface area (Å²) in [6.45, 7) is 2.21. The van der Waals surface area contributed by atoms with Crippen LogP contribution in [0.5, 0.6) is 0 Å². The Morgan fingerprint density at radius 2 is 2.46 bits per heavy atom. The molecule has 1 unspecified atom stereocenters. The highest BCUT2D eigenvalue weighted by atomic mass is 79.9. The van der Waals surface area contributed by atoms with Gasteiger partial charge in [0.05, 0.1) is 4.32 Å². The lowest BCUT2D eigenvalue weighted by molar-refractivity contribution is -0.104. The van der Waals surface area contributed by atoms with Crippen molar-refractivity contribution in [2.75, 3.05) is 5.75 Å². The molecule has 0 bridgehead atoms. The van der Waals surface area contributed by atoms with Crippen molar-refractivity contribution >= 4 is 34.0 Å². The van der Waals surface area contributed by atoms with Crippen LogP contribution < -0.4 is 0 Å². The number of unbranched alkanes of at least 4 members (excludes halogenated alkanes) is 2. The molecule has 1 rings (SSSR count). The first-order valence-corrected chi connectivity index (χ1v) is 6.48. The Kier molecular flexibility index (Phi) is 4.53. The highest BCUT2D eigenvalue weighted by Crippen LogP contribution is 2.40. The minimum absolute atomic E-state index is 0.100. The molecular weight excluding hydrogens is 248 g/mol. The van der Waals surface area contributed by atoms with E-state index in [0.29, 0.717) is 0 Å². The summed E-state index contributed by atoms with van der Waals surface area (Å²) < 4.78 is 0.100. The predicted molar refractivity (Wildman–Crippen MR) is 62.4 cm³/mol. The number of alkyl halides is 1. The maximum atomic E-state index is 10.5. The van der Waals surface area contributed by atoms with Crippen molar-refractivity contribution < 1.29 is 4.79 Å². The molecule has 0 aliphatic carbocycles. The summed E-state index contributed by atoms with van der Waals surface area (Å²) in [5.41, 5.74) is 0. The summed E-state index contributed by atoms with van der Waals surface area (Å²) in [5.74, 6) is 1.00. The average Bonchev–Trinajstić information content (AvgIpc) is 2.49. The van der Waals surface area contributed by atoms with E-state index in [1.807, 2.05) is 0 Å². The summed E-state index contributed by atoms with van der Waals surface area (Å²) in [6.07, 6.45) is 7.94. The van der Waals surface area contributed by atoms with E-state index in [0.717, 1.165) is 23.4 Å². The molecule has 0 amide bonds. The number of thioether (sulfide) groups is 1. The van der Waals surface area contributed by atoms with Crippen LogP contribution in [0.4, 0.5) is 0 Å². The molecule has 0 saturated carbocycles. The molecule has 0 aromatic rings. The number of rotatable bonds is 5. The van der Waals surface area contributed by atoms with Gasteiger partial charge in [-0.3, -0.25) is 4.79 Å². The lowest BCUT2D eigenvalue weighted by atomic mass is 10.0. The van der Waals surface area contributed by atoms with E-state index < -0.39 is 0 Å². The van der Waals surface area contributed by atoms with Crippen molar-refractivity contribution in [3.8, 4) is 0 Å². The van der Waals surface area contributed by atoms with Gasteiger partial charge in [-0.25, -0.2) is 0 Å². The molecule has 0 aromatic heterocycles. The largest absolute Gasteiger partial charge is 0.297 e. The second kappa shape index (κ2) is 5.20. The Labute approximate surface area is 92.5 Å². The van der Waals surface area contributed by atoms with Gasteiger partial charge in [0.2, 0.25) is 0 Å². The molecule has 1 nitrogen and oxygen atoms in total. The van der Waals surface area contributed by atoms with Crippen molar-refractivity contribution in [2.45, 2.75) is 36.9 Å². The first kappa shape index (κ1) is 11.3. The van der Waals surface area contributed by atoms with E-state index in [1.165, 1.54) is 19.3 Å². The first-order chi connectivity index (χ1) is 6.20. The molecule has 0 radical (unpaired) electrons. The number of hydrogen-bond acceptors (Lipinski definition) is 2.